The lowest BCUT2D eigenvalue weighted by Gasteiger charge is -2.12. The van der Waals surface area contributed by atoms with E-state index in [-0.39, 0.29) is 12.3 Å². The molecule has 0 unspecified atom stereocenters. The maximum atomic E-state index is 12.2. The minimum atomic E-state index is -0.205. The van der Waals surface area contributed by atoms with Crippen molar-refractivity contribution in [3.63, 3.8) is 0 Å². The Hall–Kier alpha value is -3.48. The van der Waals surface area contributed by atoms with Gasteiger partial charge in [0, 0.05) is 22.7 Å². The van der Waals surface area contributed by atoms with Gasteiger partial charge in [-0.25, -0.2) is 5.43 Å². The van der Waals surface area contributed by atoms with Crippen LogP contribution in [0.3, 0.4) is 0 Å². The first-order chi connectivity index (χ1) is 13.2. The fraction of sp³-hybridized carbons (Fsp3) is 0.200. The number of para-hydroxylation sites is 1. The molecule has 0 aliphatic rings. The van der Waals surface area contributed by atoms with Crippen molar-refractivity contribution < 1.29 is 19.0 Å². The third kappa shape index (κ3) is 4.03. The van der Waals surface area contributed by atoms with Crippen molar-refractivity contribution in [1.29, 1.82) is 0 Å². The number of methoxy groups -OCH3 is 3. The highest BCUT2D eigenvalue weighted by molar-refractivity contribution is 5.89. The Morgan fingerprint density at radius 2 is 1.81 bits per heavy atom. The standard InChI is InChI=1S/C20H21N3O4/c1-25-17-8-13(9-18(26-2)20(17)27-3)11-22-23-19(24)10-14-12-21-16-7-5-4-6-15(14)16/h4-9,11-12,21H,10H2,1-3H3,(H,23,24)/b22-11-. The average molecular weight is 367 g/mol. The number of aromatic nitrogens is 1. The van der Waals surface area contributed by atoms with Gasteiger partial charge >= 0.3 is 0 Å². The lowest BCUT2D eigenvalue weighted by molar-refractivity contribution is -0.120. The van der Waals surface area contributed by atoms with E-state index in [1.807, 2.05) is 30.5 Å². The van der Waals surface area contributed by atoms with Gasteiger partial charge < -0.3 is 19.2 Å². The molecule has 1 heterocycles. The first-order valence-electron chi connectivity index (χ1n) is 8.33. The molecule has 0 saturated heterocycles. The molecule has 0 saturated carbocycles. The zero-order valence-corrected chi connectivity index (χ0v) is 15.4. The van der Waals surface area contributed by atoms with Crippen molar-refractivity contribution in [2.75, 3.05) is 21.3 Å². The van der Waals surface area contributed by atoms with Gasteiger partial charge in [-0.15, -0.1) is 0 Å². The number of benzene rings is 2. The molecular weight excluding hydrogens is 346 g/mol. The van der Waals surface area contributed by atoms with Crippen LogP contribution in [0, 0.1) is 0 Å². The van der Waals surface area contributed by atoms with E-state index >= 15 is 0 Å². The first-order valence-corrected chi connectivity index (χ1v) is 8.33. The second-order valence-electron chi connectivity index (χ2n) is 5.79. The number of hydrogen-bond acceptors (Lipinski definition) is 5. The number of H-pyrrole nitrogens is 1. The van der Waals surface area contributed by atoms with Crippen LogP contribution in [-0.2, 0) is 11.2 Å². The van der Waals surface area contributed by atoms with E-state index in [4.69, 9.17) is 14.2 Å². The molecule has 1 amide bonds. The van der Waals surface area contributed by atoms with Crippen molar-refractivity contribution in [2.24, 2.45) is 5.10 Å². The Labute approximate surface area is 156 Å². The predicted molar refractivity (Wildman–Crippen MR) is 104 cm³/mol. The molecule has 1 aromatic heterocycles. The van der Waals surface area contributed by atoms with E-state index in [1.54, 1.807) is 33.5 Å². The number of nitrogens with zero attached hydrogens (tertiary/aromatic N) is 1. The topological polar surface area (TPSA) is 84.9 Å². The maximum absolute atomic E-state index is 12.2. The molecule has 0 radical (unpaired) electrons. The van der Waals surface area contributed by atoms with Gasteiger partial charge in [0.05, 0.1) is 34.0 Å². The highest BCUT2D eigenvalue weighted by Gasteiger charge is 2.12. The molecule has 3 rings (SSSR count). The third-order valence-corrected chi connectivity index (χ3v) is 4.12. The monoisotopic (exact) mass is 367 g/mol. The van der Waals surface area contributed by atoms with Crippen LogP contribution in [0.4, 0.5) is 0 Å². The minimum Gasteiger partial charge on any atom is -0.493 e. The highest BCUT2D eigenvalue weighted by atomic mass is 16.5. The summed E-state index contributed by atoms with van der Waals surface area (Å²) in [4.78, 5) is 15.3. The molecule has 0 aliphatic heterocycles. The van der Waals surface area contributed by atoms with Crippen LogP contribution in [0.2, 0.25) is 0 Å². The number of hydrazone groups is 1. The van der Waals surface area contributed by atoms with E-state index < -0.39 is 0 Å². The van der Waals surface area contributed by atoms with E-state index in [9.17, 15) is 4.79 Å². The summed E-state index contributed by atoms with van der Waals surface area (Å²) in [7, 11) is 4.63. The van der Waals surface area contributed by atoms with Crippen molar-refractivity contribution >= 4 is 23.0 Å². The Balaban J connectivity index is 1.69. The van der Waals surface area contributed by atoms with Crippen molar-refractivity contribution in [3.8, 4) is 17.2 Å². The van der Waals surface area contributed by atoms with Gasteiger partial charge in [-0.2, -0.15) is 5.10 Å². The number of rotatable bonds is 7. The fourth-order valence-corrected chi connectivity index (χ4v) is 2.85. The largest absolute Gasteiger partial charge is 0.493 e. The van der Waals surface area contributed by atoms with Crippen molar-refractivity contribution in [3.05, 3.63) is 53.7 Å². The zero-order valence-electron chi connectivity index (χ0n) is 15.4. The normalized spacial score (nSPS) is 10.9. The second kappa shape index (κ2) is 8.27. The molecule has 3 aromatic rings. The fourth-order valence-electron chi connectivity index (χ4n) is 2.85. The number of aromatic amines is 1. The molecule has 27 heavy (non-hydrogen) atoms. The number of ether oxygens (including phenoxy) is 3. The van der Waals surface area contributed by atoms with Crippen LogP contribution in [0.1, 0.15) is 11.1 Å². The molecule has 0 bridgehead atoms. The summed E-state index contributed by atoms with van der Waals surface area (Å²) >= 11 is 0. The summed E-state index contributed by atoms with van der Waals surface area (Å²) in [6.07, 6.45) is 3.60. The van der Waals surface area contributed by atoms with Crippen LogP contribution in [-0.4, -0.2) is 38.4 Å². The van der Waals surface area contributed by atoms with E-state index in [0.29, 0.717) is 22.8 Å². The highest BCUT2D eigenvalue weighted by Crippen LogP contribution is 2.37. The summed E-state index contributed by atoms with van der Waals surface area (Å²) in [5.74, 6) is 1.33. The number of nitrogens with one attached hydrogen (secondary N) is 2. The predicted octanol–water partition coefficient (Wildman–Crippen LogP) is 2.89. The molecule has 140 valence electrons. The average Bonchev–Trinajstić information content (AvgIpc) is 3.10. The number of hydrogen-bond donors (Lipinski definition) is 2. The molecule has 7 heteroatoms. The molecule has 0 fully saturated rings. The van der Waals surface area contributed by atoms with E-state index in [0.717, 1.165) is 16.5 Å². The van der Waals surface area contributed by atoms with Gasteiger partial charge in [0.1, 0.15) is 0 Å². The third-order valence-electron chi connectivity index (χ3n) is 4.12. The zero-order chi connectivity index (χ0) is 19.2. The number of carbonyl (C=O) groups is 1. The summed E-state index contributed by atoms with van der Waals surface area (Å²) in [6.45, 7) is 0. The maximum Gasteiger partial charge on any atom is 0.244 e. The lowest BCUT2D eigenvalue weighted by Crippen LogP contribution is -2.19. The van der Waals surface area contributed by atoms with Gasteiger partial charge in [-0.05, 0) is 23.8 Å². The van der Waals surface area contributed by atoms with Gasteiger partial charge in [0.25, 0.3) is 0 Å². The Bertz CT molecular complexity index is 953. The smallest absolute Gasteiger partial charge is 0.244 e. The first kappa shape index (κ1) is 18.3. The molecule has 0 aliphatic carbocycles. The van der Waals surface area contributed by atoms with Gasteiger partial charge in [-0.1, -0.05) is 18.2 Å². The summed E-state index contributed by atoms with van der Waals surface area (Å²) in [6, 6.07) is 11.3. The van der Waals surface area contributed by atoms with Crippen LogP contribution >= 0.6 is 0 Å². The molecule has 2 N–H and O–H groups in total. The van der Waals surface area contributed by atoms with Crippen LogP contribution in [0.15, 0.2) is 47.7 Å². The number of carbonyl (C=O) groups excluding carboxylic acids is 1. The Kier molecular flexibility index (Phi) is 5.61. The molecule has 0 spiro atoms. The SMILES string of the molecule is COc1cc(/C=N\NC(=O)Cc2c[nH]c3ccccc23)cc(OC)c1OC. The quantitative estimate of drug-likeness (QED) is 0.497. The minimum absolute atomic E-state index is 0.205. The summed E-state index contributed by atoms with van der Waals surface area (Å²) in [5.41, 5.74) is 5.17. The Morgan fingerprint density at radius 1 is 1.11 bits per heavy atom. The Morgan fingerprint density at radius 3 is 2.48 bits per heavy atom. The van der Waals surface area contributed by atoms with Crippen LogP contribution < -0.4 is 19.6 Å². The molecule has 2 aromatic carbocycles. The summed E-state index contributed by atoms with van der Waals surface area (Å²) in [5, 5.41) is 5.05. The van der Waals surface area contributed by atoms with Crippen LogP contribution in [0.25, 0.3) is 10.9 Å². The number of amides is 1. The van der Waals surface area contributed by atoms with Crippen molar-refractivity contribution in [2.45, 2.75) is 6.42 Å². The van der Waals surface area contributed by atoms with Gasteiger partial charge in [-0.3, -0.25) is 4.79 Å². The molecule has 7 nitrogen and oxygen atoms in total. The molecular formula is C20H21N3O4. The van der Waals surface area contributed by atoms with E-state index in [2.05, 4.69) is 15.5 Å². The van der Waals surface area contributed by atoms with Gasteiger partial charge in [0.15, 0.2) is 11.5 Å². The molecule has 0 atom stereocenters. The van der Waals surface area contributed by atoms with E-state index in [1.165, 1.54) is 6.21 Å². The van der Waals surface area contributed by atoms with Gasteiger partial charge in [0.2, 0.25) is 11.7 Å². The van der Waals surface area contributed by atoms with Crippen LogP contribution in [0.5, 0.6) is 17.2 Å². The second-order valence-corrected chi connectivity index (χ2v) is 5.79. The lowest BCUT2D eigenvalue weighted by atomic mass is 10.1. The number of fused-ring (bicyclic) bond motifs is 1. The van der Waals surface area contributed by atoms with Crippen molar-refractivity contribution in [1.82, 2.24) is 10.4 Å². The summed E-state index contributed by atoms with van der Waals surface area (Å²) < 4.78 is 15.9.